The number of nitrogens with one attached hydrogen (secondary N) is 1. The van der Waals surface area contributed by atoms with Crippen molar-refractivity contribution in [3.05, 3.63) is 77.9 Å². The summed E-state index contributed by atoms with van der Waals surface area (Å²) < 4.78 is 0. The molecule has 0 spiro atoms. The molecule has 1 saturated carbocycles. The summed E-state index contributed by atoms with van der Waals surface area (Å²) in [5, 5.41) is 3.33. The first-order valence-electron chi connectivity index (χ1n) is 11.1. The molecule has 2 aromatic carbocycles. The van der Waals surface area contributed by atoms with Crippen LogP contribution in [0.5, 0.6) is 0 Å². The number of piperidine rings is 1. The Hall–Kier alpha value is -2.88. The van der Waals surface area contributed by atoms with Gasteiger partial charge in [0.1, 0.15) is 0 Å². The van der Waals surface area contributed by atoms with E-state index in [4.69, 9.17) is 0 Å². The number of likely N-dealkylation sites (tertiary alicyclic amines) is 1. The predicted octanol–water partition coefficient (Wildman–Crippen LogP) is 4.08. The highest BCUT2D eigenvalue weighted by Gasteiger charge is 2.34. The van der Waals surface area contributed by atoms with E-state index in [9.17, 15) is 9.59 Å². The summed E-state index contributed by atoms with van der Waals surface area (Å²) in [5.41, 5.74) is 2.30. The third-order valence-corrected chi connectivity index (χ3v) is 6.21. The molecule has 156 valence electrons. The number of carbonyl (C=O) groups excluding carboxylic acids is 2. The van der Waals surface area contributed by atoms with Crippen molar-refractivity contribution in [3.8, 4) is 0 Å². The van der Waals surface area contributed by atoms with E-state index in [-0.39, 0.29) is 23.8 Å². The van der Waals surface area contributed by atoms with Crippen LogP contribution >= 0.6 is 0 Å². The number of benzene rings is 2. The fraction of sp³-hybridized carbons (Fsp3) is 0.385. The van der Waals surface area contributed by atoms with Crippen LogP contribution in [0.4, 0.5) is 0 Å². The van der Waals surface area contributed by atoms with Gasteiger partial charge in [-0.25, -0.2) is 0 Å². The van der Waals surface area contributed by atoms with Crippen LogP contribution in [0.15, 0.2) is 66.7 Å². The molecule has 4 nitrogen and oxygen atoms in total. The quantitative estimate of drug-likeness (QED) is 0.710. The van der Waals surface area contributed by atoms with Crippen molar-refractivity contribution in [3.63, 3.8) is 0 Å². The molecule has 2 fully saturated rings. The van der Waals surface area contributed by atoms with Crippen LogP contribution in [0.1, 0.15) is 36.8 Å². The van der Waals surface area contributed by atoms with Gasteiger partial charge in [0.05, 0.1) is 0 Å². The van der Waals surface area contributed by atoms with E-state index in [0.29, 0.717) is 19.0 Å². The number of carbonyl (C=O) groups is 2. The zero-order valence-corrected chi connectivity index (χ0v) is 17.4. The molecule has 0 radical (unpaired) electrons. The van der Waals surface area contributed by atoms with Gasteiger partial charge in [0.25, 0.3) is 0 Å². The van der Waals surface area contributed by atoms with Crippen molar-refractivity contribution in [2.75, 3.05) is 13.1 Å². The molecular weight excluding hydrogens is 372 g/mol. The summed E-state index contributed by atoms with van der Waals surface area (Å²) in [7, 11) is 0. The van der Waals surface area contributed by atoms with Crippen LogP contribution in [-0.4, -0.2) is 35.8 Å². The fourth-order valence-electron chi connectivity index (χ4n) is 4.20. The van der Waals surface area contributed by atoms with E-state index < -0.39 is 0 Å². The highest BCUT2D eigenvalue weighted by atomic mass is 16.2. The maximum Gasteiger partial charge on any atom is 0.246 e. The van der Waals surface area contributed by atoms with Gasteiger partial charge in [-0.05, 0) is 55.2 Å². The molecule has 2 aliphatic rings. The Labute approximate surface area is 179 Å². The van der Waals surface area contributed by atoms with Gasteiger partial charge >= 0.3 is 0 Å². The minimum atomic E-state index is 0.00387. The molecule has 1 aliphatic heterocycles. The van der Waals surface area contributed by atoms with E-state index in [1.807, 2.05) is 47.4 Å². The molecule has 1 N–H and O–H groups in total. The van der Waals surface area contributed by atoms with Crippen molar-refractivity contribution in [2.24, 2.45) is 11.8 Å². The Morgan fingerprint density at radius 2 is 1.57 bits per heavy atom. The molecular formula is C26H30N2O2. The Morgan fingerprint density at radius 1 is 0.933 bits per heavy atom. The molecule has 1 unspecified atom stereocenters. The van der Waals surface area contributed by atoms with E-state index in [1.54, 1.807) is 6.08 Å². The lowest BCUT2D eigenvalue weighted by Crippen LogP contribution is -2.46. The monoisotopic (exact) mass is 402 g/mol. The van der Waals surface area contributed by atoms with Crippen molar-refractivity contribution in [1.82, 2.24) is 10.2 Å². The maximum atomic E-state index is 12.9. The van der Waals surface area contributed by atoms with Gasteiger partial charge in [0.15, 0.2) is 0 Å². The molecule has 1 saturated heterocycles. The zero-order chi connectivity index (χ0) is 20.8. The molecule has 1 aliphatic carbocycles. The third kappa shape index (κ3) is 5.59. The van der Waals surface area contributed by atoms with Crippen LogP contribution in [0.25, 0.3) is 6.08 Å². The predicted molar refractivity (Wildman–Crippen MR) is 120 cm³/mol. The second kappa shape index (κ2) is 9.75. The Morgan fingerprint density at radius 3 is 2.20 bits per heavy atom. The van der Waals surface area contributed by atoms with Gasteiger partial charge in [0.2, 0.25) is 11.8 Å². The lowest BCUT2D eigenvalue weighted by atomic mass is 9.94. The van der Waals surface area contributed by atoms with Crippen LogP contribution in [0.3, 0.4) is 0 Å². The summed E-state index contributed by atoms with van der Waals surface area (Å²) in [6, 6.07) is 20.5. The number of amides is 2. The van der Waals surface area contributed by atoms with Crippen molar-refractivity contribution >= 4 is 17.9 Å². The molecule has 0 bridgehead atoms. The Kier molecular flexibility index (Phi) is 6.63. The summed E-state index contributed by atoms with van der Waals surface area (Å²) >= 11 is 0. The summed E-state index contributed by atoms with van der Waals surface area (Å²) in [6.45, 7) is 1.28. The zero-order valence-electron chi connectivity index (χ0n) is 17.4. The van der Waals surface area contributed by atoms with Crippen molar-refractivity contribution in [1.29, 1.82) is 0 Å². The average Bonchev–Trinajstić information content (AvgIpc) is 3.64. The van der Waals surface area contributed by atoms with E-state index >= 15 is 0 Å². The molecule has 4 heteroatoms. The number of hydrogen-bond acceptors (Lipinski definition) is 2. The first-order chi connectivity index (χ1) is 14.7. The molecule has 30 heavy (non-hydrogen) atoms. The topological polar surface area (TPSA) is 49.4 Å². The minimum Gasteiger partial charge on any atom is -0.353 e. The molecule has 2 amide bonds. The highest BCUT2D eigenvalue weighted by molar-refractivity contribution is 5.92. The van der Waals surface area contributed by atoms with E-state index in [1.165, 1.54) is 18.4 Å². The molecule has 0 aromatic heterocycles. The maximum absolute atomic E-state index is 12.9. The molecule has 1 heterocycles. The minimum absolute atomic E-state index is 0.00387. The van der Waals surface area contributed by atoms with Crippen LogP contribution in [0, 0.1) is 11.8 Å². The Balaban J connectivity index is 1.26. The van der Waals surface area contributed by atoms with Crippen molar-refractivity contribution < 1.29 is 9.59 Å². The average molecular weight is 403 g/mol. The number of rotatable bonds is 7. The fourth-order valence-corrected chi connectivity index (χ4v) is 4.20. The number of hydrogen-bond donors (Lipinski definition) is 1. The summed E-state index contributed by atoms with van der Waals surface area (Å²) in [4.78, 5) is 27.2. The Bertz CT molecular complexity index is 866. The van der Waals surface area contributed by atoms with Gasteiger partial charge in [-0.15, -0.1) is 0 Å². The smallest absolute Gasteiger partial charge is 0.246 e. The molecule has 1 atom stereocenters. The van der Waals surface area contributed by atoms with Gasteiger partial charge in [-0.1, -0.05) is 60.7 Å². The first kappa shape index (κ1) is 20.4. The SMILES string of the molecule is O=C(NC(Cc1ccccc1)C1CC1)C1CCN(C(=O)/C=C/c2ccccc2)CC1. The van der Waals surface area contributed by atoms with Crippen LogP contribution in [-0.2, 0) is 16.0 Å². The van der Waals surface area contributed by atoms with Crippen molar-refractivity contribution in [2.45, 2.75) is 38.1 Å². The van der Waals surface area contributed by atoms with Crippen LogP contribution in [0.2, 0.25) is 0 Å². The van der Waals surface area contributed by atoms with E-state index in [0.717, 1.165) is 24.8 Å². The summed E-state index contributed by atoms with van der Waals surface area (Å²) in [5.74, 6) is 0.801. The highest BCUT2D eigenvalue weighted by Crippen LogP contribution is 2.34. The normalized spacial score (nSPS) is 18.3. The van der Waals surface area contributed by atoms with Crippen LogP contribution < -0.4 is 5.32 Å². The lowest BCUT2D eigenvalue weighted by Gasteiger charge is -2.31. The van der Waals surface area contributed by atoms with Gasteiger partial charge < -0.3 is 10.2 Å². The second-order valence-electron chi connectivity index (χ2n) is 8.49. The molecule has 4 rings (SSSR count). The second-order valence-corrected chi connectivity index (χ2v) is 8.49. The largest absolute Gasteiger partial charge is 0.353 e. The third-order valence-electron chi connectivity index (χ3n) is 6.21. The summed E-state index contributed by atoms with van der Waals surface area (Å²) in [6.07, 6.45) is 8.28. The first-order valence-corrected chi connectivity index (χ1v) is 11.1. The molecule has 2 aromatic rings. The van der Waals surface area contributed by atoms with Gasteiger partial charge in [-0.2, -0.15) is 0 Å². The lowest BCUT2D eigenvalue weighted by molar-refractivity contribution is -0.132. The van der Waals surface area contributed by atoms with Gasteiger partial charge in [-0.3, -0.25) is 9.59 Å². The van der Waals surface area contributed by atoms with E-state index in [2.05, 4.69) is 29.6 Å². The number of nitrogens with zero attached hydrogens (tertiary/aromatic N) is 1. The standard InChI is InChI=1S/C26H30N2O2/c29-25(14-11-20-7-3-1-4-8-20)28-17-15-23(16-18-28)26(30)27-24(22-12-13-22)19-21-9-5-2-6-10-21/h1-11,14,22-24H,12-13,15-19H2,(H,27,30)/b14-11+. The van der Waals surface area contributed by atoms with Gasteiger partial charge in [0, 0.05) is 31.1 Å².